The summed E-state index contributed by atoms with van der Waals surface area (Å²) < 4.78 is 7.59. The molecule has 0 bridgehead atoms. The molecule has 0 spiro atoms. The van der Waals surface area contributed by atoms with Crippen LogP contribution < -0.4 is 10.5 Å². The topological polar surface area (TPSA) is 53.1 Å². The predicted octanol–water partition coefficient (Wildman–Crippen LogP) is 2.45. The summed E-state index contributed by atoms with van der Waals surface area (Å²) in [7, 11) is 1.94. The number of ether oxygens (including phenoxy) is 1. The van der Waals surface area contributed by atoms with E-state index in [0.29, 0.717) is 6.61 Å². The highest BCUT2D eigenvalue weighted by Crippen LogP contribution is 2.18. The van der Waals surface area contributed by atoms with Crippen molar-refractivity contribution in [1.82, 2.24) is 9.78 Å². The first kappa shape index (κ1) is 13.6. The molecule has 2 N–H and O–H groups in total. The molecule has 19 heavy (non-hydrogen) atoms. The normalized spacial score (nSPS) is 12.4. The van der Waals surface area contributed by atoms with Crippen molar-refractivity contribution < 1.29 is 4.74 Å². The van der Waals surface area contributed by atoms with Gasteiger partial charge in [-0.1, -0.05) is 19.1 Å². The van der Waals surface area contributed by atoms with Gasteiger partial charge in [0, 0.05) is 31.4 Å². The minimum atomic E-state index is 0.114. The van der Waals surface area contributed by atoms with Gasteiger partial charge in [-0.25, -0.2) is 0 Å². The Morgan fingerprint density at radius 2 is 2.00 bits per heavy atom. The van der Waals surface area contributed by atoms with Crippen LogP contribution in [0.1, 0.15) is 30.6 Å². The van der Waals surface area contributed by atoms with Crippen molar-refractivity contribution in [2.75, 3.05) is 6.61 Å². The molecule has 0 saturated carbocycles. The summed E-state index contributed by atoms with van der Waals surface area (Å²) >= 11 is 0. The molecule has 4 heteroatoms. The average molecular weight is 259 g/mol. The van der Waals surface area contributed by atoms with E-state index >= 15 is 0 Å². The van der Waals surface area contributed by atoms with Crippen molar-refractivity contribution in [2.45, 2.75) is 25.8 Å². The zero-order valence-electron chi connectivity index (χ0n) is 11.5. The van der Waals surface area contributed by atoms with Crippen LogP contribution >= 0.6 is 0 Å². The number of rotatable bonds is 6. The van der Waals surface area contributed by atoms with E-state index in [4.69, 9.17) is 10.5 Å². The summed E-state index contributed by atoms with van der Waals surface area (Å²) in [6, 6.07) is 10.2. The van der Waals surface area contributed by atoms with Gasteiger partial charge in [0.1, 0.15) is 5.75 Å². The lowest BCUT2D eigenvalue weighted by atomic mass is 10.1. The quantitative estimate of drug-likeness (QED) is 0.867. The van der Waals surface area contributed by atoms with E-state index < -0.39 is 0 Å². The van der Waals surface area contributed by atoms with Gasteiger partial charge in [-0.3, -0.25) is 4.68 Å². The molecule has 1 atom stereocenters. The Hall–Kier alpha value is -1.81. The average Bonchev–Trinajstić information content (AvgIpc) is 2.84. The monoisotopic (exact) mass is 259 g/mol. The predicted molar refractivity (Wildman–Crippen MR) is 76.1 cm³/mol. The fourth-order valence-corrected chi connectivity index (χ4v) is 1.97. The third kappa shape index (κ3) is 3.58. The summed E-state index contributed by atoms with van der Waals surface area (Å²) in [5.41, 5.74) is 8.30. The third-order valence-electron chi connectivity index (χ3n) is 3.30. The Morgan fingerprint density at radius 1 is 1.26 bits per heavy atom. The number of aromatic nitrogens is 2. The zero-order chi connectivity index (χ0) is 13.7. The highest BCUT2D eigenvalue weighted by Gasteiger charge is 2.03. The molecular formula is C15H21N3O. The Kier molecular flexibility index (Phi) is 4.58. The summed E-state index contributed by atoms with van der Waals surface area (Å²) in [4.78, 5) is 0. The van der Waals surface area contributed by atoms with Crippen LogP contribution in [0.15, 0.2) is 36.5 Å². The smallest absolute Gasteiger partial charge is 0.119 e. The highest BCUT2D eigenvalue weighted by atomic mass is 16.5. The first-order valence-corrected chi connectivity index (χ1v) is 6.66. The number of hydrogen-bond acceptors (Lipinski definition) is 3. The van der Waals surface area contributed by atoms with Gasteiger partial charge in [-0.15, -0.1) is 0 Å². The van der Waals surface area contributed by atoms with Crippen LogP contribution in [-0.4, -0.2) is 16.4 Å². The fraction of sp³-hybridized carbons (Fsp3) is 0.400. The molecule has 0 aliphatic heterocycles. The summed E-state index contributed by atoms with van der Waals surface area (Å²) in [5, 5.41) is 4.13. The molecule has 0 amide bonds. The number of benzene rings is 1. The number of hydrogen-bond donors (Lipinski definition) is 1. The van der Waals surface area contributed by atoms with E-state index in [1.54, 1.807) is 6.20 Å². The van der Waals surface area contributed by atoms with Gasteiger partial charge in [0.05, 0.1) is 6.61 Å². The molecule has 1 aromatic carbocycles. The van der Waals surface area contributed by atoms with E-state index in [9.17, 15) is 0 Å². The summed E-state index contributed by atoms with van der Waals surface area (Å²) in [6.45, 7) is 2.74. The van der Waals surface area contributed by atoms with Crippen molar-refractivity contribution in [3.8, 4) is 5.75 Å². The molecule has 2 aromatic rings. The Bertz CT molecular complexity index is 504. The highest BCUT2D eigenvalue weighted by molar-refractivity contribution is 5.29. The van der Waals surface area contributed by atoms with Crippen molar-refractivity contribution >= 4 is 0 Å². The lowest BCUT2D eigenvalue weighted by Gasteiger charge is -2.11. The van der Waals surface area contributed by atoms with Crippen LogP contribution in [0, 0.1) is 0 Å². The van der Waals surface area contributed by atoms with Gasteiger partial charge in [-0.2, -0.15) is 5.10 Å². The molecule has 0 aliphatic carbocycles. The second-order valence-electron chi connectivity index (χ2n) is 4.63. The summed E-state index contributed by atoms with van der Waals surface area (Å²) in [5.74, 6) is 0.884. The maximum absolute atomic E-state index is 5.97. The van der Waals surface area contributed by atoms with Gasteiger partial charge in [0.25, 0.3) is 0 Å². The van der Waals surface area contributed by atoms with Crippen molar-refractivity contribution in [1.29, 1.82) is 0 Å². The van der Waals surface area contributed by atoms with Gasteiger partial charge < -0.3 is 10.5 Å². The van der Waals surface area contributed by atoms with Crippen molar-refractivity contribution in [3.05, 3.63) is 47.8 Å². The maximum atomic E-state index is 5.97. The molecule has 2 rings (SSSR count). The van der Waals surface area contributed by atoms with E-state index in [1.165, 1.54) is 5.69 Å². The minimum absolute atomic E-state index is 0.114. The number of nitrogens with zero attached hydrogens (tertiary/aromatic N) is 2. The number of nitrogens with two attached hydrogens (primary N) is 1. The first-order valence-electron chi connectivity index (χ1n) is 6.66. The lowest BCUT2D eigenvalue weighted by molar-refractivity contribution is 0.318. The third-order valence-corrected chi connectivity index (χ3v) is 3.30. The van der Waals surface area contributed by atoms with Crippen LogP contribution in [0.25, 0.3) is 0 Å². The standard InChI is InChI=1S/C15H21N3O/c1-3-15(16)12-4-6-14(7-5-12)19-11-9-13-8-10-17-18(13)2/h4-8,10,15H,3,9,11,16H2,1-2H3/t15-/m0/s1. The molecule has 0 radical (unpaired) electrons. The molecule has 0 unspecified atom stereocenters. The molecule has 4 nitrogen and oxygen atoms in total. The minimum Gasteiger partial charge on any atom is -0.493 e. The molecule has 0 aliphatic rings. The molecule has 0 saturated heterocycles. The molecular weight excluding hydrogens is 238 g/mol. The second-order valence-corrected chi connectivity index (χ2v) is 4.63. The van der Waals surface area contributed by atoms with E-state index in [2.05, 4.69) is 12.0 Å². The van der Waals surface area contributed by atoms with E-state index in [1.807, 2.05) is 42.1 Å². The van der Waals surface area contributed by atoms with Crippen LogP contribution in [0.2, 0.25) is 0 Å². The second kappa shape index (κ2) is 6.38. The van der Waals surface area contributed by atoms with Crippen LogP contribution in [-0.2, 0) is 13.5 Å². The fourth-order valence-electron chi connectivity index (χ4n) is 1.97. The van der Waals surface area contributed by atoms with Gasteiger partial charge in [0.2, 0.25) is 0 Å². The largest absolute Gasteiger partial charge is 0.493 e. The summed E-state index contributed by atoms with van der Waals surface area (Å²) in [6.07, 6.45) is 3.60. The van der Waals surface area contributed by atoms with Gasteiger partial charge in [-0.05, 0) is 30.2 Å². The lowest BCUT2D eigenvalue weighted by Crippen LogP contribution is -2.09. The molecule has 0 fully saturated rings. The number of aryl methyl sites for hydroxylation is 1. The van der Waals surface area contributed by atoms with Gasteiger partial charge >= 0.3 is 0 Å². The SMILES string of the molecule is CC[C@H](N)c1ccc(OCCc2ccnn2C)cc1. The van der Waals surface area contributed by atoms with Crippen molar-refractivity contribution in [3.63, 3.8) is 0 Å². The Balaban J connectivity index is 1.85. The van der Waals surface area contributed by atoms with E-state index in [0.717, 1.165) is 24.2 Å². The van der Waals surface area contributed by atoms with E-state index in [-0.39, 0.29) is 6.04 Å². The van der Waals surface area contributed by atoms with Crippen LogP contribution in [0.4, 0.5) is 0 Å². The molecule has 102 valence electrons. The zero-order valence-corrected chi connectivity index (χ0v) is 11.5. The Morgan fingerprint density at radius 3 is 2.58 bits per heavy atom. The Labute approximate surface area is 114 Å². The molecule has 1 heterocycles. The van der Waals surface area contributed by atoms with Gasteiger partial charge in [0.15, 0.2) is 0 Å². The van der Waals surface area contributed by atoms with Crippen LogP contribution in [0.5, 0.6) is 5.75 Å². The maximum Gasteiger partial charge on any atom is 0.119 e. The van der Waals surface area contributed by atoms with Crippen molar-refractivity contribution in [2.24, 2.45) is 12.8 Å². The molecule has 1 aromatic heterocycles. The first-order chi connectivity index (χ1) is 9.20. The van der Waals surface area contributed by atoms with Crippen LogP contribution in [0.3, 0.4) is 0 Å².